The number of hydrogen-bond acceptors (Lipinski definition) is 0. The normalized spacial score (nSPS) is 9.20. The molecule has 0 saturated carbocycles. The van der Waals surface area contributed by atoms with E-state index in [1.54, 1.807) is 6.08 Å². The van der Waals surface area contributed by atoms with Gasteiger partial charge in [-0.2, -0.15) is 0 Å². The van der Waals surface area contributed by atoms with Crippen LogP contribution in [0, 0.1) is 6.92 Å². The standard InChI is InChI=1S/C4H5.Ti/c1-3-4-2;/h1,3-4H,2H2;/q-1;+1. The number of rotatable bonds is 1. The van der Waals surface area contributed by atoms with Crippen LogP contribution in [0.4, 0.5) is 0 Å². The molecule has 0 N–H and O–H groups in total. The van der Waals surface area contributed by atoms with E-state index >= 15 is 0 Å². The summed E-state index contributed by atoms with van der Waals surface area (Å²) < 4.78 is 1.94. The summed E-state index contributed by atoms with van der Waals surface area (Å²) in [5.41, 5.74) is 0. The molecule has 0 aliphatic carbocycles. The molecule has 0 aliphatic heterocycles. The zero-order valence-corrected chi connectivity index (χ0v) is 4.50. The van der Waals surface area contributed by atoms with Crippen molar-refractivity contribution in [2.45, 2.75) is 0 Å². The zero-order chi connectivity index (χ0) is 4.12. The molecule has 0 fully saturated rings. The van der Waals surface area contributed by atoms with Crippen molar-refractivity contribution < 1.29 is 20.0 Å². The molecular weight excluding hydrogens is 95.9 g/mol. The summed E-state index contributed by atoms with van der Waals surface area (Å²) in [5, 5.41) is 0. The minimum absolute atomic E-state index is 1.75. The van der Waals surface area contributed by atoms with E-state index < -0.39 is 0 Å². The Morgan fingerprint density at radius 3 is 2.20 bits per heavy atom. The van der Waals surface area contributed by atoms with Crippen LogP contribution in [0.15, 0.2) is 12.2 Å². The molecule has 0 heterocycles. The molecule has 0 amide bonds. The first-order valence-corrected chi connectivity index (χ1v) is 2.27. The summed E-state index contributed by atoms with van der Waals surface area (Å²) in [7, 11) is 0. The third-order valence-corrected chi connectivity index (χ3v) is 0.533. The van der Waals surface area contributed by atoms with Gasteiger partial charge < -0.3 is 0 Å². The predicted octanol–water partition coefficient (Wildman–Crippen LogP) is 0.726. The molecule has 0 spiro atoms. The van der Waals surface area contributed by atoms with Crippen LogP contribution in [0.25, 0.3) is 0 Å². The van der Waals surface area contributed by atoms with Crippen LogP contribution in [0.1, 0.15) is 0 Å². The minimum atomic E-state index is 1.75. The molecule has 0 aromatic heterocycles. The number of allylic oxidation sites excluding steroid dienone is 2. The van der Waals surface area contributed by atoms with Gasteiger partial charge in [0, 0.05) is 0 Å². The van der Waals surface area contributed by atoms with E-state index in [-0.39, 0.29) is 0 Å². The maximum absolute atomic E-state index is 3.46. The quantitative estimate of drug-likeness (QED) is 0.337. The molecule has 0 aromatic carbocycles. The second-order valence-electron chi connectivity index (χ2n) is 0.595. The van der Waals surface area contributed by atoms with Gasteiger partial charge in [0.05, 0.1) is 0 Å². The van der Waals surface area contributed by atoms with Gasteiger partial charge in [-0.1, -0.05) is 0 Å². The molecule has 0 rings (SSSR count). The summed E-state index contributed by atoms with van der Waals surface area (Å²) in [6.45, 7) is 3.46. The Labute approximate surface area is 43.8 Å². The maximum atomic E-state index is 3.46. The Kier molecular flexibility index (Phi) is 4.36. The van der Waals surface area contributed by atoms with Gasteiger partial charge in [-0.05, 0) is 0 Å². The molecule has 25 valence electrons. The Bertz CT molecular complexity index is 45.6. The SMILES string of the molecule is [CH2-]C=C[CH]=[Ti+]. The van der Waals surface area contributed by atoms with E-state index in [2.05, 4.69) is 6.92 Å². The summed E-state index contributed by atoms with van der Waals surface area (Å²) in [4.78, 5) is 0. The fourth-order valence-corrected chi connectivity index (χ4v) is 0.281. The van der Waals surface area contributed by atoms with Crippen molar-refractivity contribution in [2.24, 2.45) is 0 Å². The van der Waals surface area contributed by atoms with Gasteiger partial charge in [-0.15, -0.1) is 0 Å². The van der Waals surface area contributed by atoms with Crippen molar-refractivity contribution >= 4 is 4.31 Å². The average molecular weight is 101 g/mol. The van der Waals surface area contributed by atoms with Crippen LogP contribution < -0.4 is 0 Å². The van der Waals surface area contributed by atoms with Crippen LogP contribution in [0.2, 0.25) is 0 Å². The Hall–Kier alpha value is 0.194. The van der Waals surface area contributed by atoms with Crippen molar-refractivity contribution in [3.8, 4) is 0 Å². The molecule has 0 atom stereocenters. The second kappa shape index (κ2) is 4.19. The van der Waals surface area contributed by atoms with Crippen molar-refractivity contribution in [1.82, 2.24) is 0 Å². The Balaban J connectivity index is 2.92. The zero-order valence-electron chi connectivity index (χ0n) is 2.94. The average Bonchev–Trinajstić information content (AvgIpc) is 1.41. The van der Waals surface area contributed by atoms with Gasteiger partial charge in [-0.3, -0.25) is 0 Å². The number of hydrogen-bond donors (Lipinski definition) is 0. The summed E-state index contributed by atoms with van der Waals surface area (Å²) >= 11 is 1.96. The van der Waals surface area contributed by atoms with Crippen LogP contribution in [0.5, 0.6) is 0 Å². The summed E-state index contributed by atoms with van der Waals surface area (Å²) in [5.74, 6) is 0. The second-order valence-corrected chi connectivity index (χ2v) is 1.12. The first kappa shape index (κ1) is 5.19. The van der Waals surface area contributed by atoms with E-state index in [0.717, 1.165) is 0 Å². The van der Waals surface area contributed by atoms with Gasteiger partial charge in [0.1, 0.15) is 0 Å². The molecule has 0 unspecified atom stereocenters. The van der Waals surface area contributed by atoms with E-state index in [4.69, 9.17) is 0 Å². The third-order valence-electron chi connectivity index (χ3n) is 0.232. The first-order valence-electron chi connectivity index (χ1n) is 1.36. The Morgan fingerprint density at radius 2 is 2.20 bits per heavy atom. The van der Waals surface area contributed by atoms with Crippen LogP contribution in [-0.2, 0) is 20.0 Å². The van der Waals surface area contributed by atoms with Crippen molar-refractivity contribution in [1.29, 1.82) is 0 Å². The van der Waals surface area contributed by atoms with Gasteiger partial charge >= 0.3 is 43.4 Å². The van der Waals surface area contributed by atoms with Crippen molar-refractivity contribution in [2.75, 3.05) is 0 Å². The predicted molar refractivity (Wildman–Crippen MR) is 20.6 cm³/mol. The van der Waals surface area contributed by atoms with Gasteiger partial charge in [-0.25, -0.2) is 0 Å². The Morgan fingerprint density at radius 1 is 1.60 bits per heavy atom. The van der Waals surface area contributed by atoms with E-state index in [1.165, 1.54) is 0 Å². The topological polar surface area (TPSA) is 0 Å². The molecule has 1 heteroatoms. The van der Waals surface area contributed by atoms with E-state index in [9.17, 15) is 0 Å². The molecule has 0 radical (unpaired) electrons. The van der Waals surface area contributed by atoms with Crippen LogP contribution >= 0.6 is 0 Å². The fraction of sp³-hybridized carbons (Fsp3) is 0. The molecule has 0 bridgehead atoms. The van der Waals surface area contributed by atoms with Gasteiger partial charge in [0.25, 0.3) is 0 Å². The van der Waals surface area contributed by atoms with Crippen molar-refractivity contribution in [3.63, 3.8) is 0 Å². The summed E-state index contributed by atoms with van der Waals surface area (Å²) in [6, 6.07) is 0. The fourth-order valence-electron chi connectivity index (χ4n) is 0.0680. The van der Waals surface area contributed by atoms with Crippen LogP contribution in [0.3, 0.4) is 0 Å². The molecular formula is C4H5Ti. The summed E-state index contributed by atoms with van der Waals surface area (Å²) in [6.07, 6.45) is 3.64. The molecule has 0 saturated heterocycles. The van der Waals surface area contributed by atoms with Gasteiger partial charge in [0.2, 0.25) is 0 Å². The van der Waals surface area contributed by atoms with Crippen molar-refractivity contribution in [3.05, 3.63) is 19.1 Å². The monoisotopic (exact) mass is 101 g/mol. The van der Waals surface area contributed by atoms with Gasteiger partial charge in [0.15, 0.2) is 0 Å². The van der Waals surface area contributed by atoms with E-state index in [1.807, 2.05) is 30.4 Å². The molecule has 0 aromatic rings. The first-order chi connectivity index (χ1) is 2.41. The molecule has 0 aliphatic rings. The molecule has 5 heavy (non-hydrogen) atoms. The van der Waals surface area contributed by atoms with Crippen LogP contribution in [-0.4, -0.2) is 4.31 Å². The molecule has 0 nitrogen and oxygen atoms in total. The third kappa shape index (κ3) is 4.19. The van der Waals surface area contributed by atoms with E-state index in [0.29, 0.717) is 0 Å².